The molecule has 2 aliphatic heterocycles. The Morgan fingerprint density at radius 3 is 2.94 bits per heavy atom. The van der Waals surface area contributed by atoms with Crippen LogP contribution in [0.1, 0.15) is 5.69 Å². The number of hydrogen-bond donors (Lipinski definition) is 1. The van der Waals surface area contributed by atoms with Crippen molar-refractivity contribution in [3.63, 3.8) is 0 Å². The monoisotopic (exact) mass is 442 g/mol. The lowest BCUT2D eigenvalue weighted by Crippen LogP contribution is -2.51. The highest BCUT2D eigenvalue weighted by atomic mass is 16.6. The Balaban J connectivity index is 1.13. The molecule has 2 saturated heterocycles. The van der Waals surface area contributed by atoms with Crippen LogP contribution in [0.15, 0.2) is 60.9 Å². The number of aromatic nitrogens is 4. The summed E-state index contributed by atoms with van der Waals surface area (Å²) in [5.41, 5.74) is 3.78. The van der Waals surface area contributed by atoms with E-state index in [1.165, 1.54) is 0 Å². The molecule has 1 unspecified atom stereocenters. The van der Waals surface area contributed by atoms with E-state index in [1.807, 2.05) is 47.4 Å². The number of benzene rings is 1. The smallest absolute Gasteiger partial charge is 0.410 e. The molecule has 1 aromatic carbocycles. The number of fused-ring (bicyclic) bond motifs is 2. The predicted octanol–water partition coefficient (Wildman–Crippen LogP) is 3.45. The predicted molar refractivity (Wildman–Crippen MR) is 121 cm³/mol. The summed E-state index contributed by atoms with van der Waals surface area (Å²) in [5, 5.41) is 7.89. The standard InChI is InChI=1S/C24H22N6O3/c31-24-30-10-9-29(14-19(30)15-32-24)13-18-3-1-16-11-20(4-5-21(16)27-18)33-23-6-2-17(12-25-23)22-7-8-26-28-22/h1-8,11-12,19H,9-10,13-15H2,(H,26,28). The summed E-state index contributed by atoms with van der Waals surface area (Å²) in [6.45, 7) is 3.56. The van der Waals surface area contributed by atoms with Crippen molar-refractivity contribution >= 4 is 17.0 Å². The fourth-order valence-electron chi connectivity index (χ4n) is 4.36. The first kappa shape index (κ1) is 19.7. The van der Waals surface area contributed by atoms with Crippen LogP contribution >= 0.6 is 0 Å². The van der Waals surface area contributed by atoms with Gasteiger partial charge in [0.05, 0.1) is 22.9 Å². The quantitative estimate of drug-likeness (QED) is 0.506. The van der Waals surface area contributed by atoms with Gasteiger partial charge < -0.3 is 9.47 Å². The van der Waals surface area contributed by atoms with Gasteiger partial charge >= 0.3 is 6.09 Å². The third kappa shape index (κ3) is 3.98. The van der Waals surface area contributed by atoms with Crippen LogP contribution in [0.2, 0.25) is 0 Å². The Labute approximate surface area is 190 Å². The van der Waals surface area contributed by atoms with Crippen molar-refractivity contribution in [1.29, 1.82) is 0 Å². The van der Waals surface area contributed by atoms with Crippen LogP contribution < -0.4 is 4.74 Å². The van der Waals surface area contributed by atoms with Crippen molar-refractivity contribution in [3.05, 3.63) is 66.6 Å². The van der Waals surface area contributed by atoms with Crippen LogP contribution in [0.3, 0.4) is 0 Å². The van der Waals surface area contributed by atoms with E-state index >= 15 is 0 Å². The molecule has 0 bridgehead atoms. The summed E-state index contributed by atoms with van der Waals surface area (Å²) in [7, 11) is 0. The molecule has 5 heterocycles. The van der Waals surface area contributed by atoms with Crippen molar-refractivity contribution in [1.82, 2.24) is 30.0 Å². The number of aromatic amines is 1. The van der Waals surface area contributed by atoms with Gasteiger partial charge in [-0.25, -0.2) is 9.78 Å². The summed E-state index contributed by atoms with van der Waals surface area (Å²) in [5.74, 6) is 1.23. The molecule has 3 aromatic heterocycles. The molecule has 0 saturated carbocycles. The van der Waals surface area contributed by atoms with Gasteiger partial charge in [-0.1, -0.05) is 6.07 Å². The number of carbonyl (C=O) groups is 1. The van der Waals surface area contributed by atoms with Crippen molar-refractivity contribution < 1.29 is 14.3 Å². The molecule has 33 heavy (non-hydrogen) atoms. The summed E-state index contributed by atoms with van der Waals surface area (Å²) < 4.78 is 11.1. The van der Waals surface area contributed by atoms with Gasteiger partial charge in [0.25, 0.3) is 0 Å². The van der Waals surface area contributed by atoms with Crippen LogP contribution in [0.25, 0.3) is 22.2 Å². The molecule has 1 N–H and O–H groups in total. The highest BCUT2D eigenvalue weighted by Crippen LogP contribution is 2.26. The minimum Gasteiger partial charge on any atom is -0.447 e. The number of nitrogens with zero attached hydrogens (tertiary/aromatic N) is 5. The van der Waals surface area contributed by atoms with Gasteiger partial charge in [0, 0.05) is 55.6 Å². The number of nitrogens with one attached hydrogen (secondary N) is 1. The Morgan fingerprint density at radius 1 is 1.12 bits per heavy atom. The van der Waals surface area contributed by atoms with Gasteiger partial charge in [-0.2, -0.15) is 5.10 Å². The van der Waals surface area contributed by atoms with Crippen LogP contribution in [-0.2, 0) is 11.3 Å². The van der Waals surface area contributed by atoms with Gasteiger partial charge in [0.1, 0.15) is 12.4 Å². The summed E-state index contributed by atoms with van der Waals surface area (Å²) in [6, 6.07) is 15.8. The van der Waals surface area contributed by atoms with Gasteiger partial charge in [-0.15, -0.1) is 0 Å². The van der Waals surface area contributed by atoms with Crippen molar-refractivity contribution in [3.8, 4) is 22.9 Å². The molecule has 2 aliphatic rings. The van der Waals surface area contributed by atoms with E-state index in [9.17, 15) is 4.79 Å². The lowest BCUT2D eigenvalue weighted by atomic mass is 10.1. The third-order valence-corrected chi connectivity index (χ3v) is 6.08. The topological polar surface area (TPSA) is 96.5 Å². The Bertz CT molecular complexity index is 1290. The number of H-pyrrole nitrogens is 1. The summed E-state index contributed by atoms with van der Waals surface area (Å²) in [6.07, 6.45) is 3.28. The number of pyridine rings is 2. The molecule has 9 heteroatoms. The van der Waals surface area contributed by atoms with E-state index < -0.39 is 0 Å². The maximum atomic E-state index is 11.7. The van der Waals surface area contributed by atoms with E-state index in [-0.39, 0.29) is 12.1 Å². The zero-order valence-corrected chi connectivity index (χ0v) is 17.8. The Morgan fingerprint density at radius 2 is 2.09 bits per heavy atom. The van der Waals surface area contributed by atoms with Crippen molar-refractivity contribution in [2.75, 3.05) is 26.2 Å². The first-order chi connectivity index (χ1) is 16.2. The van der Waals surface area contributed by atoms with E-state index in [0.717, 1.165) is 47.5 Å². The Hall–Kier alpha value is -3.98. The zero-order chi connectivity index (χ0) is 22.2. The maximum Gasteiger partial charge on any atom is 0.410 e. The zero-order valence-electron chi connectivity index (χ0n) is 17.8. The van der Waals surface area contributed by atoms with E-state index in [2.05, 4.69) is 26.1 Å². The first-order valence-corrected chi connectivity index (χ1v) is 10.9. The van der Waals surface area contributed by atoms with E-state index in [4.69, 9.17) is 14.5 Å². The molecular weight excluding hydrogens is 420 g/mol. The first-order valence-electron chi connectivity index (χ1n) is 10.9. The molecule has 6 rings (SSSR count). The molecule has 0 spiro atoms. The van der Waals surface area contributed by atoms with Crippen LogP contribution in [0.4, 0.5) is 4.79 Å². The minimum absolute atomic E-state index is 0.147. The molecule has 0 aliphatic carbocycles. The summed E-state index contributed by atoms with van der Waals surface area (Å²) in [4.78, 5) is 25.0. The highest BCUT2D eigenvalue weighted by molar-refractivity contribution is 5.80. The number of ether oxygens (including phenoxy) is 2. The second kappa shape index (κ2) is 8.18. The maximum absolute atomic E-state index is 11.7. The van der Waals surface area contributed by atoms with Crippen LogP contribution in [0.5, 0.6) is 11.6 Å². The fourth-order valence-corrected chi connectivity index (χ4v) is 4.36. The molecule has 2 fully saturated rings. The number of amides is 1. The fraction of sp³-hybridized carbons (Fsp3) is 0.250. The molecule has 4 aromatic rings. The second-order valence-electron chi connectivity index (χ2n) is 8.27. The molecule has 0 radical (unpaired) electrons. The van der Waals surface area contributed by atoms with Crippen LogP contribution in [-0.4, -0.2) is 68.3 Å². The number of rotatable bonds is 5. The summed E-state index contributed by atoms with van der Waals surface area (Å²) >= 11 is 0. The second-order valence-corrected chi connectivity index (χ2v) is 8.27. The molecular formula is C24H22N6O3. The largest absolute Gasteiger partial charge is 0.447 e. The number of hydrogen-bond acceptors (Lipinski definition) is 7. The van der Waals surface area contributed by atoms with Crippen molar-refractivity contribution in [2.24, 2.45) is 0 Å². The Kier molecular flexibility index (Phi) is 4.88. The number of piperazine rings is 1. The van der Waals surface area contributed by atoms with Gasteiger partial charge in [0.15, 0.2) is 0 Å². The molecule has 9 nitrogen and oxygen atoms in total. The number of carbonyl (C=O) groups excluding carboxylic acids is 1. The third-order valence-electron chi connectivity index (χ3n) is 6.08. The van der Waals surface area contributed by atoms with Gasteiger partial charge in [0.2, 0.25) is 5.88 Å². The number of cyclic esters (lactones) is 1. The highest BCUT2D eigenvalue weighted by Gasteiger charge is 2.37. The minimum atomic E-state index is -0.189. The lowest BCUT2D eigenvalue weighted by Gasteiger charge is -2.35. The molecule has 1 amide bonds. The average Bonchev–Trinajstić information content (AvgIpc) is 3.50. The van der Waals surface area contributed by atoms with Gasteiger partial charge in [-0.3, -0.25) is 19.9 Å². The van der Waals surface area contributed by atoms with Crippen LogP contribution in [0, 0.1) is 0 Å². The SMILES string of the molecule is O=C1OCC2CN(Cc3ccc4cc(Oc5ccc(-c6ccn[nH]6)cn5)ccc4n3)CCN12. The van der Waals surface area contributed by atoms with Crippen molar-refractivity contribution in [2.45, 2.75) is 12.6 Å². The average molecular weight is 442 g/mol. The molecule has 1 atom stereocenters. The molecule has 166 valence electrons. The normalized spacial score (nSPS) is 18.4. The van der Waals surface area contributed by atoms with Gasteiger partial charge in [-0.05, 0) is 36.4 Å². The van der Waals surface area contributed by atoms with E-state index in [0.29, 0.717) is 24.8 Å². The lowest BCUT2D eigenvalue weighted by molar-refractivity contribution is 0.115. The van der Waals surface area contributed by atoms with E-state index in [1.54, 1.807) is 12.4 Å².